The Bertz CT molecular complexity index is 924. The van der Waals surface area contributed by atoms with Gasteiger partial charge in [0.25, 0.3) is 0 Å². The van der Waals surface area contributed by atoms with Crippen LogP contribution >= 0.6 is 0 Å². The molecule has 2 atom stereocenters. The van der Waals surface area contributed by atoms with Crippen LogP contribution in [-0.2, 0) is 33.4 Å². The number of rotatable bonds is 38. The average molecular weight is 741 g/mol. The molecule has 0 bridgehead atoms. The van der Waals surface area contributed by atoms with Gasteiger partial charge in [-0.1, -0.05) is 117 Å². The molecule has 8 N–H and O–H groups in total. The Morgan fingerprint density at radius 2 is 1.06 bits per heavy atom. The van der Waals surface area contributed by atoms with Crippen molar-refractivity contribution in [1.82, 2.24) is 21.3 Å². The van der Waals surface area contributed by atoms with E-state index in [0.717, 1.165) is 44.9 Å². The van der Waals surface area contributed by atoms with E-state index >= 15 is 0 Å². The molecule has 0 fully saturated rings. The molecule has 13 nitrogen and oxygen atoms in total. The quantitative estimate of drug-likeness (QED) is 0.0490. The first-order valence-electron chi connectivity index (χ1n) is 20.5. The fraction of sp³-hybridized carbons (Fsp3) is 0.872. The fourth-order valence-corrected chi connectivity index (χ4v) is 5.75. The minimum atomic E-state index is -1.04. The SMILES string of the molecule is CCCCCCCCCCCC(=O)NCC(NC(=O)CCCCCCCCCCC)C(=O)NC(CCCCNC(=O)COCCOCCN)C(N)=O. The number of primary amides is 1. The van der Waals surface area contributed by atoms with Gasteiger partial charge in [0.05, 0.1) is 19.8 Å². The highest BCUT2D eigenvalue weighted by atomic mass is 16.5. The van der Waals surface area contributed by atoms with Crippen LogP contribution in [0.2, 0.25) is 0 Å². The highest BCUT2D eigenvalue weighted by molar-refractivity contribution is 5.92. The summed E-state index contributed by atoms with van der Waals surface area (Å²) in [4.78, 5) is 63.0. The van der Waals surface area contributed by atoms with E-state index in [0.29, 0.717) is 45.6 Å². The van der Waals surface area contributed by atoms with Crippen LogP contribution in [0.5, 0.6) is 0 Å². The van der Waals surface area contributed by atoms with E-state index in [4.69, 9.17) is 20.9 Å². The number of nitrogens with two attached hydrogens (primary N) is 2. The van der Waals surface area contributed by atoms with Crippen LogP contribution in [0.1, 0.15) is 162 Å². The summed E-state index contributed by atoms with van der Waals surface area (Å²) in [7, 11) is 0. The zero-order valence-electron chi connectivity index (χ0n) is 32.9. The van der Waals surface area contributed by atoms with Crippen LogP contribution < -0.4 is 32.7 Å². The third-order valence-electron chi connectivity index (χ3n) is 8.94. The summed E-state index contributed by atoms with van der Waals surface area (Å²) in [6.45, 7) is 6.13. The maximum Gasteiger partial charge on any atom is 0.245 e. The molecular weight excluding hydrogens is 664 g/mol. The highest BCUT2D eigenvalue weighted by Gasteiger charge is 2.26. The number of carbonyl (C=O) groups is 5. The van der Waals surface area contributed by atoms with Gasteiger partial charge in [0.15, 0.2) is 0 Å². The monoisotopic (exact) mass is 741 g/mol. The van der Waals surface area contributed by atoms with Gasteiger partial charge in [-0.15, -0.1) is 0 Å². The summed E-state index contributed by atoms with van der Waals surface area (Å²) < 4.78 is 10.4. The van der Waals surface area contributed by atoms with Crippen molar-refractivity contribution in [3.05, 3.63) is 0 Å². The molecule has 0 aliphatic heterocycles. The first-order valence-corrected chi connectivity index (χ1v) is 20.5. The predicted octanol–water partition coefficient (Wildman–Crippen LogP) is 4.68. The molecule has 0 saturated carbocycles. The Kier molecular flexibility index (Phi) is 34.6. The number of nitrogens with one attached hydrogen (secondary N) is 4. The van der Waals surface area contributed by atoms with E-state index in [1.165, 1.54) is 70.6 Å². The van der Waals surface area contributed by atoms with Gasteiger partial charge in [0.1, 0.15) is 18.7 Å². The van der Waals surface area contributed by atoms with Gasteiger partial charge in [0.2, 0.25) is 29.5 Å². The Balaban J connectivity index is 4.80. The summed E-state index contributed by atoms with van der Waals surface area (Å²) in [6.07, 6.45) is 22.4. The van der Waals surface area contributed by atoms with Crippen LogP contribution in [0.25, 0.3) is 0 Å². The molecule has 0 aliphatic rings. The molecule has 0 rings (SSSR count). The van der Waals surface area contributed by atoms with Gasteiger partial charge >= 0.3 is 0 Å². The lowest BCUT2D eigenvalue weighted by Gasteiger charge is -2.22. The normalized spacial score (nSPS) is 12.2. The van der Waals surface area contributed by atoms with Crippen molar-refractivity contribution in [2.45, 2.75) is 174 Å². The van der Waals surface area contributed by atoms with Crippen molar-refractivity contribution >= 4 is 29.5 Å². The van der Waals surface area contributed by atoms with E-state index in [1.54, 1.807) is 0 Å². The van der Waals surface area contributed by atoms with E-state index in [-0.39, 0.29) is 50.3 Å². The van der Waals surface area contributed by atoms with E-state index in [1.807, 2.05) is 0 Å². The van der Waals surface area contributed by atoms with Crippen LogP contribution in [0, 0.1) is 0 Å². The second-order valence-corrected chi connectivity index (χ2v) is 13.8. The third kappa shape index (κ3) is 31.9. The summed E-state index contributed by atoms with van der Waals surface area (Å²) in [5.41, 5.74) is 11.0. The Morgan fingerprint density at radius 1 is 0.538 bits per heavy atom. The lowest BCUT2D eigenvalue weighted by molar-refractivity contribution is -0.132. The number of amides is 5. The number of carbonyl (C=O) groups excluding carboxylic acids is 5. The molecule has 0 saturated heterocycles. The molecule has 13 heteroatoms. The van der Waals surface area contributed by atoms with Gasteiger partial charge in [0, 0.05) is 32.5 Å². The number of ether oxygens (including phenoxy) is 2. The Hall–Kier alpha value is -2.77. The predicted molar refractivity (Wildman–Crippen MR) is 207 cm³/mol. The van der Waals surface area contributed by atoms with Gasteiger partial charge in [-0.05, 0) is 32.1 Å². The summed E-state index contributed by atoms with van der Waals surface area (Å²) in [5, 5.41) is 11.0. The standard InChI is InChI=1S/C39H76N6O7/c1-3-5-7-9-11-13-15-17-19-24-35(46)43-31-34(44-36(47)25-20-18-16-14-12-10-8-6-4-2)39(50)45-33(38(41)49)23-21-22-27-42-37(48)32-52-30-29-51-28-26-40/h33-34H,3-32,40H2,1-2H3,(H2,41,49)(H,42,48)(H,43,46)(H,44,47)(H,45,50). The second-order valence-electron chi connectivity index (χ2n) is 13.8. The molecule has 0 heterocycles. The van der Waals surface area contributed by atoms with Crippen molar-refractivity contribution in [1.29, 1.82) is 0 Å². The fourth-order valence-electron chi connectivity index (χ4n) is 5.75. The van der Waals surface area contributed by atoms with E-state index in [2.05, 4.69) is 35.1 Å². The summed E-state index contributed by atoms with van der Waals surface area (Å²) >= 11 is 0. The summed E-state index contributed by atoms with van der Waals surface area (Å²) in [6, 6.07) is -2.01. The van der Waals surface area contributed by atoms with Crippen molar-refractivity contribution in [2.75, 3.05) is 46.1 Å². The van der Waals surface area contributed by atoms with Crippen LogP contribution in [-0.4, -0.2) is 87.7 Å². The average Bonchev–Trinajstić information content (AvgIpc) is 3.12. The van der Waals surface area contributed by atoms with Crippen molar-refractivity contribution < 1.29 is 33.4 Å². The first kappa shape index (κ1) is 49.2. The molecule has 5 amide bonds. The van der Waals surface area contributed by atoms with Crippen LogP contribution in [0.4, 0.5) is 0 Å². The number of hydrogen-bond acceptors (Lipinski definition) is 8. The third-order valence-corrected chi connectivity index (χ3v) is 8.94. The topological polar surface area (TPSA) is 204 Å². The second kappa shape index (κ2) is 36.6. The first-order chi connectivity index (χ1) is 25.2. The molecule has 0 spiro atoms. The maximum absolute atomic E-state index is 13.3. The molecule has 0 radical (unpaired) electrons. The van der Waals surface area contributed by atoms with Crippen LogP contribution in [0.3, 0.4) is 0 Å². The zero-order chi connectivity index (χ0) is 38.5. The number of hydrogen-bond donors (Lipinski definition) is 6. The lowest BCUT2D eigenvalue weighted by Crippen LogP contribution is -2.56. The highest BCUT2D eigenvalue weighted by Crippen LogP contribution is 2.12. The Morgan fingerprint density at radius 3 is 1.60 bits per heavy atom. The molecule has 0 aliphatic carbocycles. The molecule has 0 aromatic carbocycles. The van der Waals surface area contributed by atoms with Gasteiger partial charge in [-0.3, -0.25) is 24.0 Å². The smallest absolute Gasteiger partial charge is 0.245 e. The molecule has 2 unspecified atom stereocenters. The lowest BCUT2D eigenvalue weighted by atomic mass is 10.1. The molecule has 0 aromatic rings. The Labute approximate surface area is 315 Å². The minimum absolute atomic E-state index is 0.0790. The van der Waals surface area contributed by atoms with Crippen molar-refractivity contribution in [3.8, 4) is 0 Å². The van der Waals surface area contributed by atoms with E-state index < -0.39 is 23.9 Å². The van der Waals surface area contributed by atoms with E-state index in [9.17, 15) is 24.0 Å². The van der Waals surface area contributed by atoms with Crippen molar-refractivity contribution in [2.24, 2.45) is 11.5 Å². The molecule has 0 aromatic heterocycles. The molecule has 52 heavy (non-hydrogen) atoms. The molecular formula is C39H76N6O7. The summed E-state index contributed by atoms with van der Waals surface area (Å²) in [5.74, 6) is -1.98. The maximum atomic E-state index is 13.3. The van der Waals surface area contributed by atoms with Gasteiger partial charge in [-0.25, -0.2) is 0 Å². The number of unbranched alkanes of at least 4 members (excludes halogenated alkanes) is 17. The largest absolute Gasteiger partial charge is 0.378 e. The minimum Gasteiger partial charge on any atom is -0.378 e. The zero-order valence-corrected chi connectivity index (χ0v) is 32.9. The van der Waals surface area contributed by atoms with Crippen molar-refractivity contribution in [3.63, 3.8) is 0 Å². The van der Waals surface area contributed by atoms with Crippen LogP contribution in [0.15, 0.2) is 0 Å². The molecule has 304 valence electrons. The van der Waals surface area contributed by atoms with Gasteiger partial charge in [-0.2, -0.15) is 0 Å². The van der Waals surface area contributed by atoms with Gasteiger partial charge < -0.3 is 42.2 Å².